The highest BCUT2D eigenvalue weighted by atomic mass is 14.2. The molecule has 260 valence electrons. The van der Waals surface area contributed by atoms with Crippen LogP contribution in [0.1, 0.15) is 0 Å². The van der Waals surface area contributed by atoms with E-state index in [-0.39, 0.29) is 0 Å². The fourth-order valence-corrected chi connectivity index (χ4v) is 9.07. The molecular formula is C56H36. The number of rotatable bonds is 5. The van der Waals surface area contributed by atoms with E-state index in [1.807, 2.05) is 0 Å². The van der Waals surface area contributed by atoms with Crippen LogP contribution in [-0.2, 0) is 0 Å². The summed E-state index contributed by atoms with van der Waals surface area (Å²) in [5, 5.41) is 12.7. The molecule has 0 atom stereocenters. The first kappa shape index (κ1) is 32.2. The minimum Gasteiger partial charge on any atom is -0.0622 e. The van der Waals surface area contributed by atoms with Crippen LogP contribution >= 0.6 is 0 Å². The zero-order valence-electron chi connectivity index (χ0n) is 30.8. The summed E-state index contributed by atoms with van der Waals surface area (Å²) in [5.74, 6) is 0. The largest absolute Gasteiger partial charge is 0.0622 e. The normalized spacial score (nSPS) is 11.6. The first-order valence-corrected chi connectivity index (χ1v) is 19.4. The molecule has 0 bridgehead atoms. The molecule has 0 fully saturated rings. The SMILES string of the molecule is c1ccc(-c2c3ccccc3c(-c3cccc(-c4cccc(-c5cccc(-c6c7ccccc7cc7c6ccc6ccccc67)c5)c4)c3)c3ccccc23)cc1. The summed E-state index contributed by atoms with van der Waals surface area (Å²) in [6.07, 6.45) is 0. The van der Waals surface area contributed by atoms with E-state index in [0.717, 1.165) is 0 Å². The van der Waals surface area contributed by atoms with Crippen molar-refractivity contribution < 1.29 is 0 Å². The van der Waals surface area contributed by atoms with Gasteiger partial charge < -0.3 is 0 Å². The zero-order chi connectivity index (χ0) is 37.0. The second-order valence-electron chi connectivity index (χ2n) is 14.8. The molecule has 0 heterocycles. The minimum absolute atomic E-state index is 1.20. The molecule has 11 rings (SSSR count). The molecule has 0 saturated heterocycles. The van der Waals surface area contributed by atoms with Gasteiger partial charge in [-0.05, 0) is 134 Å². The van der Waals surface area contributed by atoms with E-state index in [2.05, 4.69) is 218 Å². The quantitative estimate of drug-likeness (QED) is 0.123. The first-order chi connectivity index (χ1) is 27.8. The highest BCUT2D eigenvalue weighted by molar-refractivity contribution is 6.22. The molecule has 0 aliphatic carbocycles. The summed E-state index contributed by atoms with van der Waals surface area (Å²) in [4.78, 5) is 0. The fraction of sp³-hybridized carbons (Fsp3) is 0. The van der Waals surface area contributed by atoms with Crippen LogP contribution in [0.3, 0.4) is 0 Å². The van der Waals surface area contributed by atoms with E-state index in [1.165, 1.54) is 109 Å². The van der Waals surface area contributed by atoms with Gasteiger partial charge in [0.2, 0.25) is 0 Å². The van der Waals surface area contributed by atoms with Crippen molar-refractivity contribution in [3.8, 4) is 55.6 Å². The van der Waals surface area contributed by atoms with Gasteiger partial charge in [-0.1, -0.05) is 194 Å². The lowest BCUT2D eigenvalue weighted by molar-refractivity contribution is 1.58. The third kappa shape index (κ3) is 5.30. The lowest BCUT2D eigenvalue weighted by Gasteiger charge is -2.18. The molecule has 11 aromatic rings. The highest BCUT2D eigenvalue weighted by Crippen LogP contribution is 2.45. The van der Waals surface area contributed by atoms with Gasteiger partial charge in [0.15, 0.2) is 0 Å². The first-order valence-electron chi connectivity index (χ1n) is 19.4. The number of fused-ring (bicyclic) bond motifs is 6. The van der Waals surface area contributed by atoms with Crippen LogP contribution in [0.5, 0.6) is 0 Å². The van der Waals surface area contributed by atoms with Gasteiger partial charge in [-0.15, -0.1) is 0 Å². The van der Waals surface area contributed by atoms with Crippen molar-refractivity contribution in [2.75, 3.05) is 0 Å². The monoisotopic (exact) mass is 708 g/mol. The Morgan fingerprint density at radius 1 is 0.161 bits per heavy atom. The molecule has 11 aromatic carbocycles. The van der Waals surface area contributed by atoms with Crippen LogP contribution in [0.4, 0.5) is 0 Å². The average molecular weight is 709 g/mol. The maximum absolute atomic E-state index is 2.37. The van der Waals surface area contributed by atoms with Crippen LogP contribution < -0.4 is 0 Å². The Balaban J connectivity index is 1.04. The zero-order valence-corrected chi connectivity index (χ0v) is 30.8. The van der Waals surface area contributed by atoms with E-state index in [0.29, 0.717) is 0 Å². The second-order valence-corrected chi connectivity index (χ2v) is 14.8. The van der Waals surface area contributed by atoms with Crippen molar-refractivity contribution >= 4 is 53.9 Å². The summed E-state index contributed by atoms with van der Waals surface area (Å²) in [6, 6.07) is 80.3. The van der Waals surface area contributed by atoms with E-state index < -0.39 is 0 Å². The van der Waals surface area contributed by atoms with Gasteiger partial charge in [-0.2, -0.15) is 0 Å². The van der Waals surface area contributed by atoms with Crippen LogP contribution in [0.25, 0.3) is 109 Å². The average Bonchev–Trinajstić information content (AvgIpc) is 3.27. The van der Waals surface area contributed by atoms with E-state index in [1.54, 1.807) is 0 Å². The minimum atomic E-state index is 1.20. The molecule has 0 heteroatoms. The Labute approximate surface area is 326 Å². The molecule has 0 unspecified atom stereocenters. The van der Waals surface area contributed by atoms with Crippen molar-refractivity contribution in [1.29, 1.82) is 0 Å². The maximum atomic E-state index is 2.37. The van der Waals surface area contributed by atoms with Crippen LogP contribution in [0, 0.1) is 0 Å². The third-order valence-electron chi connectivity index (χ3n) is 11.6. The molecule has 0 spiro atoms. The fourth-order valence-electron chi connectivity index (χ4n) is 9.07. The van der Waals surface area contributed by atoms with Crippen molar-refractivity contribution in [3.63, 3.8) is 0 Å². The Morgan fingerprint density at radius 2 is 0.518 bits per heavy atom. The Kier molecular flexibility index (Phi) is 7.60. The van der Waals surface area contributed by atoms with Crippen LogP contribution in [-0.4, -0.2) is 0 Å². The maximum Gasteiger partial charge on any atom is -0.00262 e. The van der Waals surface area contributed by atoms with Crippen molar-refractivity contribution in [3.05, 3.63) is 218 Å². The molecule has 0 amide bonds. The summed E-state index contributed by atoms with van der Waals surface area (Å²) in [7, 11) is 0. The molecule has 0 nitrogen and oxygen atoms in total. The van der Waals surface area contributed by atoms with Gasteiger partial charge >= 0.3 is 0 Å². The molecule has 0 aromatic heterocycles. The predicted octanol–water partition coefficient (Wildman–Crippen LogP) is 15.8. The standard InChI is InChI=1S/C56H36/c1-2-16-38(17-3-1)54-48-27-8-10-29-50(48)56(51-30-11-9-28-49(51)54)45-24-14-22-42(35-45)40-20-12-19-39(33-40)41-21-13-23-44(34-41)55-47-26-7-5-18-43(47)36-53-46-25-6-4-15-37(46)31-32-52(53)55/h1-36H. The summed E-state index contributed by atoms with van der Waals surface area (Å²) in [5.41, 5.74) is 12.3. The van der Waals surface area contributed by atoms with Crippen molar-refractivity contribution in [2.24, 2.45) is 0 Å². The molecule has 56 heavy (non-hydrogen) atoms. The smallest absolute Gasteiger partial charge is 0.00262 e. The summed E-state index contributed by atoms with van der Waals surface area (Å²) < 4.78 is 0. The van der Waals surface area contributed by atoms with Gasteiger partial charge in [-0.25, -0.2) is 0 Å². The molecule has 0 aliphatic rings. The third-order valence-corrected chi connectivity index (χ3v) is 11.6. The molecular weight excluding hydrogens is 673 g/mol. The van der Waals surface area contributed by atoms with Gasteiger partial charge in [0.25, 0.3) is 0 Å². The van der Waals surface area contributed by atoms with Crippen molar-refractivity contribution in [2.45, 2.75) is 0 Å². The molecule has 0 radical (unpaired) electrons. The van der Waals surface area contributed by atoms with Crippen molar-refractivity contribution in [1.82, 2.24) is 0 Å². The molecule has 0 N–H and O–H groups in total. The number of benzene rings is 11. The van der Waals surface area contributed by atoms with Gasteiger partial charge in [-0.3, -0.25) is 0 Å². The molecule has 0 aliphatic heterocycles. The second kappa shape index (κ2) is 13.2. The lowest BCUT2D eigenvalue weighted by Crippen LogP contribution is -1.91. The van der Waals surface area contributed by atoms with E-state index in [4.69, 9.17) is 0 Å². The highest BCUT2D eigenvalue weighted by Gasteiger charge is 2.17. The van der Waals surface area contributed by atoms with Gasteiger partial charge in [0.05, 0.1) is 0 Å². The van der Waals surface area contributed by atoms with Gasteiger partial charge in [0.1, 0.15) is 0 Å². The van der Waals surface area contributed by atoms with Crippen LogP contribution in [0.2, 0.25) is 0 Å². The Bertz CT molecular complexity index is 3240. The van der Waals surface area contributed by atoms with E-state index in [9.17, 15) is 0 Å². The predicted molar refractivity (Wildman–Crippen MR) is 241 cm³/mol. The molecule has 0 saturated carbocycles. The van der Waals surface area contributed by atoms with E-state index >= 15 is 0 Å². The Hall–Kier alpha value is -7.28. The topological polar surface area (TPSA) is 0 Å². The number of hydrogen-bond acceptors (Lipinski definition) is 0. The van der Waals surface area contributed by atoms with Gasteiger partial charge in [0, 0.05) is 0 Å². The summed E-state index contributed by atoms with van der Waals surface area (Å²) >= 11 is 0. The van der Waals surface area contributed by atoms with Crippen LogP contribution in [0.15, 0.2) is 218 Å². The Morgan fingerprint density at radius 3 is 1.07 bits per heavy atom. The summed E-state index contributed by atoms with van der Waals surface area (Å²) in [6.45, 7) is 0. The lowest BCUT2D eigenvalue weighted by atomic mass is 9.85. The number of hydrogen-bond donors (Lipinski definition) is 0.